The molecule has 0 spiro atoms. The molecule has 0 aliphatic rings. The van der Waals surface area contributed by atoms with E-state index in [4.69, 9.17) is 5.73 Å². The molecule has 0 unspecified atom stereocenters. The van der Waals surface area contributed by atoms with E-state index in [1.165, 1.54) is 0 Å². The van der Waals surface area contributed by atoms with Crippen LogP contribution in [0, 0.1) is 5.92 Å². The Hall–Kier alpha value is -0.940. The monoisotopic (exact) mass is 311 g/mol. The minimum Gasteiger partial charge on any atom is -0.384 e. The molecule has 0 bridgehead atoms. The molecule has 2 aromatic heterocycles. The molecule has 3 nitrogen and oxygen atoms in total. The lowest BCUT2D eigenvalue weighted by atomic mass is 10.1. The van der Waals surface area contributed by atoms with E-state index in [1.807, 2.05) is 17.5 Å². The topological polar surface area (TPSA) is 51.8 Å². The van der Waals surface area contributed by atoms with Gasteiger partial charge in [-0.2, -0.15) is 0 Å². The number of nitrogens with two attached hydrogens (primary N) is 1. The number of thiophene rings is 1. The Morgan fingerprint density at radius 1 is 1.35 bits per heavy atom. The Bertz CT molecular complexity index is 522. The lowest BCUT2D eigenvalue weighted by Gasteiger charge is -2.06. The van der Waals surface area contributed by atoms with E-state index in [-0.39, 0.29) is 0 Å². The minimum atomic E-state index is 0.537. The SMILES string of the molecule is CC(C)Cc1cc(N)nc(-c2cc(Br)cs2)n1. The predicted molar refractivity (Wildman–Crippen MR) is 76.0 cm³/mol. The van der Waals surface area contributed by atoms with Gasteiger partial charge in [-0.3, -0.25) is 0 Å². The molecule has 0 aliphatic carbocycles. The van der Waals surface area contributed by atoms with Crippen LogP contribution in [-0.4, -0.2) is 9.97 Å². The molecule has 17 heavy (non-hydrogen) atoms. The zero-order valence-corrected chi connectivity index (χ0v) is 12.2. The van der Waals surface area contributed by atoms with Crippen molar-refractivity contribution in [2.24, 2.45) is 5.92 Å². The van der Waals surface area contributed by atoms with Gasteiger partial charge in [-0.05, 0) is 34.3 Å². The highest BCUT2D eigenvalue weighted by Crippen LogP contribution is 2.28. The van der Waals surface area contributed by atoms with Gasteiger partial charge in [0.25, 0.3) is 0 Å². The zero-order chi connectivity index (χ0) is 12.4. The average molecular weight is 312 g/mol. The van der Waals surface area contributed by atoms with Crippen LogP contribution < -0.4 is 5.73 Å². The van der Waals surface area contributed by atoms with Crippen molar-refractivity contribution in [3.63, 3.8) is 0 Å². The third-order valence-electron chi connectivity index (χ3n) is 2.20. The van der Waals surface area contributed by atoms with Crippen LogP contribution in [-0.2, 0) is 6.42 Å². The summed E-state index contributed by atoms with van der Waals surface area (Å²) < 4.78 is 1.05. The lowest BCUT2D eigenvalue weighted by molar-refractivity contribution is 0.635. The first-order chi connectivity index (χ1) is 8.04. The molecular weight excluding hydrogens is 298 g/mol. The van der Waals surface area contributed by atoms with Crippen LogP contribution in [0.5, 0.6) is 0 Å². The van der Waals surface area contributed by atoms with Crippen molar-refractivity contribution < 1.29 is 0 Å². The summed E-state index contributed by atoms with van der Waals surface area (Å²) >= 11 is 5.04. The maximum atomic E-state index is 5.82. The summed E-state index contributed by atoms with van der Waals surface area (Å²) in [5.41, 5.74) is 6.83. The predicted octanol–water partition coefficient (Wildman–Crippen LogP) is 3.75. The molecule has 0 saturated carbocycles. The van der Waals surface area contributed by atoms with Gasteiger partial charge < -0.3 is 5.73 Å². The number of hydrogen-bond donors (Lipinski definition) is 1. The number of rotatable bonds is 3. The van der Waals surface area contributed by atoms with Gasteiger partial charge in [0, 0.05) is 21.6 Å². The first-order valence-electron chi connectivity index (χ1n) is 5.42. The Kier molecular flexibility index (Phi) is 3.79. The van der Waals surface area contributed by atoms with Gasteiger partial charge >= 0.3 is 0 Å². The number of halogens is 1. The Morgan fingerprint density at radius 3 is 2.71 bits per heavy atom. The van der Waals surface area contributed by atoms with E-state index in [1.54, 1.807) is 11.3 Å². The number of nitrogen functional groups attached to an aromatic ring is 1. The van der Waals surface area contributed by atoms with E-state index in [2.05, 4.69) is 39.7 Å². The third-order valence-corrected chi connectivity index (χ3v) is 3.89. The summed E-state index contributed by atoms with van der Waals surface area (Å²) in [7, 11) is 0. The maximum Gasteiger partial charge on any atom is 0.171 e. The summed E-state index contributed by atoms with van der Waals surface area (Å²) in [4.78, 5) is 9.87. The Balaban J connectivity index is 2.37. The van der Waals surface area contributed by atoms with Crippen LogP contribution in [0.2, 0.25) is 0 Å². The molecule has 0 aliphatic heterocycles. The quantitative estimate of drug-likeness (QED) is 0.939. The maximum absolute atomic E-state index is 5.82. The van der Waals surface area contributed by atoms with E-state index in [9.17, 15) is 0 Å². The molecule has 5 heteroatoms. The van der Waals surface area contributed by atoms with E-state index in [0.717, 1.165) is 27.3 Å². The minimum absolute atomic E-state index is 0.537. The largest absolute Gasteiger partial charge is 0.384 e. The van der Waals surface area contributed by atoms with Crippen LogP contribution in [0.15, 0.2) is 22.0 Å². The van der Waals surface area contributed by atoms with Crippen molar-refractivity contribution in [2.75, 3.05) is 5.73 Å². The normalized spacial score (nSPS) is 11.1. The van der Waals surface area contributed by atoms with E-state index in [0.29, 0.717) is 11.7 Å². The van der Waals surface area contributed by atoms with Crippen LogP contribution in [0.4, 0.5) is 5.82 Å². The number of nitrogens with zero attached hydrogens (tertiary/aromatic N) is 2. The summed E-state index contributed by atoms with van der Waals surface area (Å²) in [6.45, 7) is 4.33. The summed E-state index contributed by atoms with van der Waals surface area (Å²) in [6.07, 6.45) is 0.923. The summed E-state index contributed by atoms with van der Waals surface area (Å²) in [5.74, 6) is 1.82. The van der Waals surface area contributed by atoms with Crippen molar-refractivity contribution in [3.05, 3.63) is 27.7 Å². The highest BCUT2D eigenvalue weighted by Gasteiger charge is 2.08. The van der Waals surface area contributed by atoms with Crippen LogP contribution >= 0.6 is 27.3 Å². The molecule has 2 N–H and O–H groups in total. The molecule has 90 valence electrons. The van der Waals surface area contributed by atoms with Crippen molar-refractivity contribution in [2.45, 2.75) is 20.3 Å². The molecule has 0 amide bonds. The van der Waals surface area contributed by atoms with Gasteiger partial charge in [0.05, 0.1) is 4.88 Å². The number of aromatic nitrogens is 2. The molecule has 2 aromatic rings. The molecule has 2 rings (SSSR count). The second-order valence-electron chi connectivity index (χ2n) is 4.33. The van der Waals surface area contributed by atoms with Gasteiger partial charge in [-0.1, -0.05) is 13.8 Å². The molecule has 0 radical (unpaired) electrons. The van der Waals surface area contributed by atoms with Gasteiger partial charge in [0.15, 0.2) is 5.82 Å². The lowest BCUT2D eigenvalue weighted by Crippen LogP contribution is -2.02. The van der Waals surface area contributed by atoms with Crippen LogP contribution in [0.3, 0.4) is 0 Å². The van der Waals surface area contributed by atoms with Gasteiger partial charge in [0.1, 0.15) is 5.82 Å². The van der Waals surface area contributed by atoms with Crippen molar-refractivity contribution in [1.82, 2.24) is 9.97 Å². The molecule has 0 aromatic carbocycles. The van der Waals surface area contributed by atoms with Crippen LogP contribution in [0.25, 0.3) is 10.7 Å². The Labute approximate surface area is 113 Å². The average Bonchev–Trinajstić information content (AvgIpc) is 2.62. The highest BCUT2D eigenvalue weighted by atomic mass is 79.9. The molecule has 0 saturated heterocycles. The van der Waals surface area contributed by atoms with Gasteiger partial charge in [-0.15, -0.1) is 11.3 Å². The number of hydrogen-bond acceptors (Lipinski definition) is 4. The second-order valence-corrected chi connectivity index (χ2v) is 6.16. The number of anilines is 1. The smallest absolute Gasteiger partial charge is 0.171 e. The zero-order valence-electron chi connectivity index (χ0n) is 9.77. The first-order valence-corrected chi connectivity index (χ1v) is 7.09. The molecule has 2 heterocycles. The summed E-state index contributed by atoms with van der Waals surface area (Å²) in [6, 6.07) is 3.87. The fraction of sp³-hybridized carbons (Fsp3) is 0.333. The second kappa shape index (κ2) is 5.14. The highest BCUT2D eigenvalue weighted by molar-refractivity contribution is 9.10. The third kappa shape index (κ3) is 3.26. The fourth-order valence-electron chi connectivity index (χ4n) is 1.58. The molecular formula is C12H14BrN3S. The van der Waals surface area contributed by atoms with Crippen LogP contribution in [0.1, 0.15) is 19.5 Å². The van der Waals surface area contributed by atoms with Crippen molar-refractivity contribution in [1.29, 1.82) is 0 Å². The van der Waals surface area contributed by atoms with E-state index >= 15 is 0 Å². The molecule has 0 atom stereocenters. The van der Waals surface area contributed by atoms with Crippen molar-refractivity contribution in [3.8, 4) is 10.7 Å². The Morgan fingerprint density at radius 2 is 2.12 bits per heavy atom. The standard InChI is InChI=1S/C12H14BrN3S/c1-7(2)3-9-5-11(14)16-12(15-9)10-4-8(13)6-17-10/h4-7H,3H2,1-2H3,(H2,14,15,16). The fourth-order valence-corrected chi connectivity index (χ4v) is 2.94. The van der Waals surface area contributed by atoms with Gasteiger partial charge in [0.2, 0.25) is 0 Å². The first kappa shape index (κ1) is 12.5. The summed E-state index contributed by atoms with van der Waals surface area (Å²) in [5, 5.41) is 2.02. The molecule has 0 fully saturated rings. The van der Waals surface area contributed by atoms with E-state index < -0.39 is 0 Å². The van der Waals surface area contributed by atoms with Gasteiger partial charge in [-0.25, -0.2) is 9.97 Å². The van der Waals surface area contributed by atoms with Crippen molar-refractivity contribution >= 4 is 33.1 Å².